The Kier molecular flexibility index (Phi) is 8.84. The van der Waals surface area contributed by atoms with Gasteiger partial charge in [-0.1, -0.05) is 44.9 Å². The van der Waals surface area contributed by atoms with E-state index in [4.69, 9.17) is 4.74 Å². The van der Waals surface area contributed by atoms with Crippen molar-refractivity contribution < 1.29 is 19.6 Å². The van der Waals surface area contributed by atoms with Crippen LogP contribution in [0.15, 0.2) is 54.6 Å². The fourth-order valence-corrected chi connectivity index (χ4v) is 4.72. The minimum Gasteiger partial charge on any atom is -0.478 e. The summed E-state index contributed by atoms with van der Waals surface area (Å²) in [5, 5.41) is 23.9. The lowest BCUT2D eigenvalue weighted by atomic mass is 10.0. The highest BCUT2D eigenvalue weighted by Crippen LogP contribution is 2.45. The Morgan fingerprint density at radius 1 is 0.947 bits per heavy atom. The van der Waals surface area contributed by atoms with E-state index in [0.29, 0.717) is 11.4 Å². The molecule has 0 bridgehead atoms. The number of ether oxygens (including phenoxy) is 1. The molecule has 0 amide bonds. The van der Waals surface area contributed by atoms with Gasteiger partial charge in [-0.2, -0.15) is 0 Å². The van der Waals surface area contributed by atoms with Crippen LogP contribution in [0.1, 0.15) is 67.4 Å². The number of carbonyl (C=O) groups is 1. The quantitative estimate of drug-likeness (QED) is 0.138. The number of anilines is 3. The highest BCUT2D eigenvalue weighted by atomic mass is 16.6. The van der Waals surface area contributed by atoms with Crippen LogP contribution in [-0.4, -0.2) is 29.1 Å². The van der Waals surface area contributed by atoms with Crippen molar-refractivity contribution in [2.24, 2.45) is 0 Å². The molecule has 0 unspecified atom stereocenters. The van der Waals surface area contributed by atoms with Gasteiger partial charge in [0.2, 0.25) is 0 Å². The van der Waals surface area contributed by atoms with Crippen molar-refractivity contribution >= 4 is 28.7 Å². The molecule has 4 rings (SSSR count). The molecule has 0 saturated carbocycles. The number of nitrogens with zero attached hydrogens (tertiary/aromatic N) is 2. The summed E-state index contributed by atoms with van der Waals surface area (Å²) in [5.74, 6) is -0.603. The third-order valence-electron chi connectivity index (χ3n) is 6.82. The number of nitro benzene ring substituents is 1. The first-order chi connectivity index (χ1) is 18.4. The summed E-state index contributed by atoms with van der Waals surface area (Å²) < 4.78 is 5.93. The summed E-state index contributed by atoms with van der Waals surface area (Å²) in [6, 6.07) is 16.9. The average molecular weight is 518 g/mol. The standard InChI is InChI=1S/C30H35N3O5/c1-3-5-15-32(16-6-4-2)23-12-8-11-21(17-23)9-7-10-22-13-14-26-27(18-22)38-28-20-24(33(36)37)19-25(30(34)35)29(28)31-26/h8,11-14,17-20,31H,3-7,9-10,15-16H2,1-2H3,(H,34,35). The average Bonchev–Trinajstić information content (AvgIpc) is 2.91. The molecule has 38 heavy (non-hydrogen) atoms. The van der Waals surface area contributed by atoms with E-state index in [9.17, 15) is 20.0 Å². The number of hydrogen-bond acceptors (Lipinski definition) is 6. The predicted molar refractivity (Wildman–Crippen MR) is 150 cm³/mol. The van der Waals surface area contributed by atoms with E-state index in [1.54, 1.807) is 0 Å². The number of benzene rings is 3. The maximum atomic E-state index is 11.7. The number of fused-ring (bicyclic) bond motifs is 2. The number of unbranched alkanes of at least 4 members (excludes halogenated alkanes) is 2. The second-order valence-electron chi connectivity index (χ2n) is 9.70. The number of rotatable bonds is 13. The Morgan fingerprint density at radius 2 is 1.66 bits per heavy atom. The Morgan fingerprint density at radius 3 is 2.32 bits per heavy atom. The van der Waals surface area contributed by atoms with Crippen LogP contribution >= 0.6 is 0 Å². The molecule has 2 N–H and O–H groups in total. The first kappa shape index (κ1) is 27.0. The molecular formula is C30H35N3O5. The minimum absolute atomic E-state index is 0.133. The fourth-order valence-electron chi connectivity index (χ4n) is 4.72. The molecule has 0 fully saturated rings. The van der Waals surface area contributed by atoms with Gasteiger partial charge in [-0.3, -0.25) is 10.1 Å². The van der Waals surface area contributed by atoms with Crippen LogP contribution in [-0.2, 0) is 12.8 Å². The number of nitrogens with one attached hydrogen (secondary N) is 1. The minimum atomic E-state index is -1.26. The zero-order valence-electron chi connectivity index (χ0n) is 22.0. The maximum Gasteiger partial charge on any atom is 0.338 e. The molecule has 0 spiro atoms. The van der Waals surface area contributed by atoms with Crippen LogP contribution < -0.4 is 15.0 Å². The van der Waals surface area contributed by atoms with Gasteiger partial charge in [0.25, 0.3) is 5.69 Å². The van der Waals surface area contributed by atoms with E-state index in [-0.39, 0.29) is 22.7 Å². The summed E-state index contributed by atoms with van der Waals surface area (Å²) in [6.07, 6.45) is 7.52. The number of nitro groups is 1. The highest BCUT2D eigenvalue weighted by molar-refractivity contribution is 5.99. The summed E-state index contributed by atoms with van der Waals surface area (Å²) in [7, 11) is 0. The Balaban J connectivity index is 1.43. The van der Waals surface area contributed by atoms with Crippen LogP contribution in [0.25, 0.3) is 0 Å². The first-order valence-electron chi connectivity index (χ1n) is 13.4. The summed E-state index contributed by atoms with van der Waals surface area (Å²) in [5.41, 5.74) is 4.02. The molecule has 0 radical (unpaired) electrons. The fraction of sp³-hybridized carbons (Fsp3) is 0.367. The van der Waals surface area contributed by atoms with Gasteiger partial charge in [-0.15, -0.1) is 0 Å². The van der Waals surface area contributed by atoms with E-state index >= 15 is 0 Å². The van der Waals surface area contributed by atoms with Crippen LogP contribution in [0.5, 0.6) is 11.5 Å². The van der Waals surface area contributed by atoms with Crippen LogP contribution in [0.3, 0.4) is 0 Å². The molecule has 0 saturated heterocycles. The molecule has 0 aromatic heterocycles. The van der Waals surface area contributed by atoms with Crippen LogP contribution in [0.4, 0.5) is 22.7 Å². The topological polar surface area (TPSA) is 105 Å². The second-order valence-corrected chi connectivity index (χ2v) is 9.70. The second kappa shape index (κ2) is 12.4. The molecule has 0 aliphatic carbocycles. The Hall–Kier alpha value is -4.07. The van der Waals surface area contributed by atoms with Crippen LogP contribution in [0.2, 0.25) is 0 Å². The van der Waals surface area contributed by atoms with Gasteiger partial charge >= 0.3 is 5.97 Å². The molecule has 1 heterocycles. The van der Waals surface area contributed by atoms with E-state index < -0.39 is 10.9 Å². The van der Waals surface area contributed by atoms with Crippen LogP contribution in [0, 0.1) is 10.1 Å². The molecule has 200 valence electrons. The van der Waals surface area contributed by atoms with E-state index in [1.165, 1.54) is 43.0 Å². The largest absolute Gasteiger partial charge is 0.478 e. The van der Waals surface area contributed by atoms with Gasteiger partial charge in [0, 0.05) is 24.8 Å². The summed E-state index contributed by atoms with van der Waals surface area (Å²) in [4.78, 5) is 24.8. The van der Waals surface area contributed by atoms with Crippen molar-refractivity contribution in [3.8, 4) is 11.5 Å². The smallest absolute Gasteiger partial charge is 0.338 e. The lowest BCUT2D eigenvalue weighted by Gasteiger charge is -2.25. The zero-order chi connectivity index (χ0) is 27.1. The highest BCUT2D eigenvalue weighted by Gasteiger charge is 2.26. The number of aryl methyl sites for hydroxylation is 2. The molecule has 0 atom stereocenters. The SMILES string of the molecule is CCCCN(CCCC)c1cccc(CCCc2ccc3c(c2)Oc2cc([N+](=O)[O-])cc(C(=O)O)c2N3)c1. The van der Waals surface area contributed by atoms with Gasteiger partial charge < -0.3 is 20.1 Å². The van der Waals surface area contributed by atoms with Crippen molar-refractivity contribution in [1.82, 2.24) is 0 Å². The first-order valence-corrected chi connectivity index (χ1v) is 13.4. The van der Waals surface area contributed by atoms with E-state index in [0.717, 1.165) is 44.0 Å². The van der Waals surface area contributed by atoms with Gasteiger partial charge in [0.15, 0.2) is 11.5 Å². The van der Waals surface area contributed by atoms with Gasteiger partial charge in [-0.25, -0.2) is 4.79 Å². The molecule has 1 aliphatic rings. The molecule has 8 nitrogen and oxygen atoms in total. The lowest BCUT2D eigenvalue weighted by Crippen LogP contribution is -2.25. The summed E-state index contributed by atoms with van der Waals surface area (Å²) >= 11 is 0. The molecule has 8 heteroatoms. The van der Waals surface area contributed by atoms with Crippen molar-refractivity contribution in [2.45, 2.75) is 58.8 Å². The van der Waals surface area contributed by atoms with Crippen molar-refractivity contribution in [1.29, 1.82) is 0 Å². The normalized spacial score (nSPS) is 11.6. The van der Waals surface area contributed by atoms with Gasteiger partial charge in [0.05, 0.1) is 27.9 Å². The third-order valence-corrected chi connectivity index (χ3v) is 6.82. The summed E-state index contributed by atoms with van der Waals surface area (Å²) in [6.45, 7) is 6.63. The monoisotopic (exact) mass is 517 g/mol. The lowest BCUT2D eigenvalue weighted by molar-refractivity contribution is -0.384. The maximum absolute atomic E-state index is 11.7. The van der Waals surface area contributed by atoms with Crippen molar-refractivity contribution in [3.63, 3.8) is 0 Å². The van der Waals surface area contributed by atoms with Crippen molar-refractivity contribution in [2.75, 3.05) is 23.3 Å². The van der Waals surface area contributed by atoms with Crippen molar-refractivity contribution in [3.05, 3.63) is 81.4 Å². The number of carboxylic acids is 1. The molecular weight excluding hydrogens is 482 g/mol. The Bertz CT molecular complexity index is 1300. The van der Waals surface area contributed by atoms with Gasteiger partial charge in [-0.05, 0) is 67.5 Å². The molecule has 3 aromatic carbocycles. The van der Waals surface area contributed by atoms with E-state index in [2.05, 4.69) is 48.3 Å². The molecule has 3 aromatic rings. The van der Waals surface area contributed by atoms with Gasteiger partial charge in [0.1, 0.15) is 0 Å². The van der Waals surface area contributed by atoms with E-state index in [1.807, 2.05) is 18.2 Å². The zero-order valence-corrected chi connectivity index (χ0v) is 22.0. The Labute approximate surface area is 223 Å². The third kappa shape index (κ3) is 6.43. The molecule has 1 aliphatic heterocycles. The number of non-ortho nitro benzene ring substituents is 1. The number of carboxylic acid groups (broad SMARTS) is 1. The number of hydrogen-bond donors (Lipinski definition) is 2. The predicted octanol–water partition coefficient (Wildman–Crippen LogP) is 7.72. The number of aromatic carboxylic acids is 1.